The van der Waals surface area contributed by atoms with Gasteiger partial charge in [-0.25, -0.2) is 14.6 Å². The van der Waals surface area contributed by atoms with Crippen molar-refractivity contribution in [2.45, 2.75) is 158 Å². The minimum absolute atomic E-state index is 0.199. The average molecular weight is 748 g/mol. The maximum absolute atomic E-state index is 14.9. The van der Waals surface area contributed by atoms with E-state index in [1.807, 2.05) is 27.7 Å². The summed E-state index contributed by atoms with van der Waals surface area (Å²) in [5.74, 6) is 2.66. The summed E-state index contributed by atoms with van der Waals surface area (Å²) in [5, 5.41) is 6.42. The number of allylic oxidation sites excluding steroid dienone is 2. The van der Waals surface area contributed by atoms with E-state index in [0.717, 1.165) is 72.7 Å². The fourth-order valence-electron chi connectivity index (χ4n) is 10.6. The van der Waals surface area contributed by atoms with Crippen LogP contribution in [0.2, 0.25) is 0 Å². The summed E-state index contributed by atoms with van der Waals surface area (Å²) < 4.78 is 9.12. The van der Waals surface area contributed by atoms with Crippen LogP contribution < -0.4 is 10.5 Å². The lowest BCUT2D eigenvalue weighted by molar-refractivity contribution is -0.240. The Kier molecular flexibility index (Phi) is 9.98. The molecule has 2 heterocycles. The van der Waals surface area contributed by atoms with Crippen molar-refractivity contribution in [3.63, 3.8) is 0 Å². The zero-order valence-corrected chi connectivity index (χ0v) is 38.3. The van der Waals surface area contributed by atoms with Crippen molar-refractivity contribution in [1.82, 2.24) is 19.7 Å². The summed E-state index contributed by atoms with van der Waals surface area (Å²) in [6.45, 7) is 48.2. The Bertz CT molecular complexity index is 2270. The van der Waals surface area contributed by atoms with Gasteiger partial charge in [-0.2, -0.15) is 5.10 Å². The van der Waals surface area contributed by atoms with Crippen molar-refractivity contribution < 1.29 is 9.53 Å². The van der Waals surface area contributed by atoms with Crippen molar-refractivity contribution in [3.05, 3.63) is 67.0 Å². The lowest BCUT2D eigenvalue weighted by atomic mass is 9.33. The van der Waals surface area contributed by atoms with Crippen LogP contribution in [0.4, 0.5) is 5.82 Å². The van der Waals surface area contributed by atoms with Crippen LogP contribution >= 0.6 is 0 Å². The molecule has 1 fully saturated rings. The molecule has 1 unspecified atom stereocenters. The Morgan fingerprint density at radius 3 is 1.51 bits per heavy atom. The number of ketones is 1. The van der Waals surface area contributed by atoms with Gasteiger partial charge < -0.3 is 10.5 Å². The van der Waals surface area contributed by atoms with E-state index in [2.05, 4.69) is 129 Å². The number of Topliss-reactive ketones (excluding diaryl/α,β-unsaturated/α-hetero) is 1. The van der Waals surface area contributed by atoms with Gasteiger partial charge >= 0.3 is 0 Å². The van der Waals surface area contributed by atoms with Gasteiger partial charge in [0.1, 0.15) is 28.8 Å². The van der Waals surface area contributed by atoms with E-state index in [-0.39, 0.29) is 22.5 Å². The van der Waals surface area contributed by atoms with Crippen LogP contribution in [0.3, 0.4) is 0 Å². The first-order valence-electron chi connectivity index (χ1n) is 20.0. The number of hydrogen-bond donors (Lipinski definition) is 1. The van der Waals surface area contributed by atoms with E-state index in [1.165, 1.54) is 16.7 Å². The molecule has 298 valence electrons. The van der Waals surface area contributed by atoms with Gasteiger partial charge in [-0.15, -0.1) is 0 Å². The fraction of sp³-hybridized carbons (Fsp3) is 0.583. The molecule has 1 aliphatic carbocycles. The zero-order chi connectivity index (χ0) is 42.0. The smallest absolute Gasteiger partial charge is 0.164 e. The SMILES string of the molecule is CC(C)=C(C)C(=O)C1C(C)(C)C(C)(C)C(C)(C)[C@@](C)(n2nc(-c3c(C)c(C)c(Oc4c(C)c(C)c(C)c(C)c4C)c(C)c3C)c3c(N)nc(C)nc32)C1(C)C. The van der Waals surface area contributed by atoms with E-state index in [0.29, 0.717) is 17.3 Å². The number of aromatic nitrogens is 4. The molecule has 0 amide bonds. The van der Waals surface area contributed by atoms with E-state index in [1.54, 1.807) is 0 Å². The first kappa shape index (κ1) is 42.1. The number of nitrogens with two attached hydrogens (primary N) is 1. The van der Waals surface area contributed by atoms with Gasteiger partial charge in [0, 0.05) is 16.9 Å². The molecular formula is C48H69N5O2. The van der Waals surface area contributed by atoms with Crippen molar-refractivity contribution in [2.24, 2.45) is 27.6 Å². The van der Waals surface area contributed by atoms with Crippen LogP contribution in [0.5, 0.6) is 11.5 Å². The third kappa shape index (κ3) is 5.40. The standard InChI is InChI=1S/C48H69N5O2/c1-23(2)24(3)38(54)41-44(14,15)46(18,19)47(20,21)48(22,45(41,16)17)53-43-36(42(49)50-34(13)51-43)37(52-53)35-28(7)32(11)40(33(12)29(35)8)55-39-30(9)26(5)25(4)27(6)31(39)10/h41H,1-22H3,(H2,49,50,51)/t41?,48-/m0/s1. The quantitative estimate of drug-likeness (QED) is 0.197. The Hall–Kier alpha value is -4.00. The van der Waals surface area contributed by atoms with Gasteiger partial charge in [0.25, 0.3) is 0 Å². The predicted molar refractivity (Wildman–Crippen MR) is 230 cm³/mol. The average Bonchev–Trinajstić information content (AvgIpc) is 3.46. The highest BCUT2D eigenvalue weighted by molar-refractivity contribution is 6.01. The Morgan fingerprint density at radius 2 is 1.05 bits per heavy atom. The number of nitrogen functional groups attached to an aromatic ring is 1. The first-order valence-corrected chi connectivity index (χ1v) is 20.0. The van der Waals surface area contributed by atoms with Crippen LogP contribution in [0.15, 0.2) is 11.1 Å². The number of hydrogen-bond acceptors (Lipinski definition) is 6. The molecule has 7 nitrogen and oxygen atoms in total. The number of aryl methyl sites for hydroxylation is 1. The van der Waals surface area contributed by atoms with Crippen LogP contribution in [-0.4, -0.2) is 25.5 Å². The topological polar surface area (TPSA) is 95.9 Å². The molecule has 0 radical (unpaired) electrons. The number of rotatable bonds is 6. The molecule has 4 aromatic rings. The zero-order valence-electron chi connectivity index (χ0n) is 38.3. The molecule has 2 aromatic heterocycles. The number of benzene rings is 2. The van der Waals surface area contributed by atoms with Gasteiger partial charge in [0.05, 0.1) is 10.9 Å². The van der Waals surface area contributed by atoms with Crippen molar-refractivity contribution in [3.8, 4) is 22.8 Å². The minimum atomic E-state index is -0.726. The Morgan fingerprint density at radius 1 is 0.618 bits per heavy atom. The number of carbonyl (C=O) groups excluding carboxylic acids is 1. The third-order valence-corrected chi connectivity index (χ3v) is 16.5. The molecule has 2 atom stereocenters. The van der Waals surface area contributed by atoms with Crippen molar-refractivity contribution in [2.75, 3.05) is 5.73 Å². The van der Waals surface area contributed by atoms with Crippen LogP contribution in [0.25, 0.3) is 22.3 Å². The molecule has 0 aliphatic heterocycles. The molecule has 5 rings (SSSR count). The first-order chi connectivity index (χ1) is 25.0. The van der Waals surface area contributed by atoms with E-state index in [4.69, 9.17) is 25.5 Å². The lowest BCUT2D eigenvalue weighted by Gasteiger charge is -2.72. The van der Waals surface area contributed by atoms with Crippen LogP contribution in [0.1, 0.15) is 139 Å². The maximum atomic E-state index is 14.9. The van der Waals surface area contributed by atoms with E-state index in [9.17, 15) is 4.79 Å². The second-order valence-corrected chi connectivity index (χ2v) is 19.6. The second-order valence-electron chi connectivity index (χ2n) is 19.6. The van der Waals surface area contributed by atoms with Gasteiger partial charge in [-0.3, -0.25) is 4.79 Å². The van der Waals surface area contributed by atoms with Gasteiger partial charge in [0.15, 0.2) is 11.4 Å². The summed E-state index contributed by atoms with van der Waals surface area (Å²) in [6, 6.07) is 0. The summed E-state index contributed by atoms with van der Waals surface area (Å²) in [7, 11) is 0. The number of nitrogens with zero attached hydrogens (tertiary/aromatic N) is 4. The monoisotopic (exact) mass is 748 g/mol. The van der Waals surface area contributed by atoms with Gasteiger partial charge in [-0.05, 0) is 169 Å². The molecular weight excluding hydrogens is 679 g/mol. The highest BCUT2D eigenvalue weighted by Gasteiger charge is 2.73. The highest BCUT2D eigenvalue weighted by Crippen LogP contribution is 2.73. The fourth-order valence-corrected chi connectivity index (χ4v) is 10.6. The van der Waals surface area contributed by atoms with Crippen molar-refractivity contribution in [1.29, 1.82) is 0 Å². The van der Waals surface area contributed by atoms with Crippen LogP contribution in [-0.2, 0) is 10.3 Å². The van der Waals surface area contributed by atoms with Crippen LogP contribution in [0, 0.1) is 96.8 Å². The minimum Gasteiger partial charge on any atom is -0.456 e. The summed E-state index contributed by atoms with van der Waals surface area (Å²) in [5.41, 5.74) is 19.3. The summed E-state index contributed by atoms with van der Waals surface area (Å²) >= 11 is 0. The summed E-state index contributed by atoms with van der Waals surface area (Å²) in [4.78, 5) is 24.8. The molecule has 2 aromatic carbocycles. The molecule has 2 N–H and O–H groups in total. The number of ether oxygens (including phenoxy) is 1. The summed E-state index contributed by atoms with van der Waals surface area (Å²) in [6.07, 6.45) is 0. The number of anilines is 1. The van der Waals surface area contributed by atoms with Gasteiger partial charge in [0.2, 0.25) is 0 Å². The van der Waals surface area contributed by atoms with E-state index < -0.39 is 16.4 Å². The third-order valence-electron chi connectivity index (χ3n) is 16.5. The molecule has 1 saturated carbocycles. The maximum Gasteiger partial charge on any atom is 0.164 e. The Labute approximate surface area is 332 Å². The van der Waals surface area contributed by atoms with E-state index >= 15 is 0 Å². The highest BCUT2D eigenvalue weighted by atomic mass is 16.5. The Balaban J connectivity index is 1.89. The normalized spacial score (nSPS) is 21.2. The number of fused-ring (bicyclic) bond motifs is 1. The molecule has 0 saturated heterocycles. The molecule has 55 heavy (non-hydrogen) atoms. The second kappa shape index (κ2) is 13.0. The molecule has 7 heteroatoms. The molecule has 1 aliphatic rings. The number of carbonyl (C=O) groups is 1. The molecule has 0 bridgehead atoms. The molecule has 0 spiro atoms. The van der Waals surface area contributed by atoms with Crippen molar-refractivity contribution >= 4 is 22.6 Å². The largest absolute Gasteiger partial charge is 0.456 e. The van der Waals surface area contributed by atoms with Gasteiger partial charge in [-0.1, -0.05) is 61.0 Å². The lowest BCUT2D eigenvalue weighted by Crippen LogP contribution is -2.73. The predicted octanol–water partition coefficient (Wildman–Crippen LogP) is 12.3.